The zero-order valence-corrected chi connectivity index (χ0v) is 20.0. The van der Waals surface area contributed by atoms with Crippen molar-refractivity contribution in [1.29, 1.82) is 0 Å². The number of unbranched alkanes of at least 4 members (excludes halogenated alkanes) is 14. The summed E-state index contributed by atoms with van der Waals surface area (Å²) in [5.41, 5.74) is 0. The van der Waals surface area contributed by atoms with E-state index in [1.807, 2.05) is 0 Å². The molecule has 0 bridgehead atoms. The van der Waals surface area contributed by atoms with E-state index in [0.717, 1.165) is 12.8 Å². The van der Waals surface area contributed by atoms with Gasteiger partial charge in [0.05, 0.1) is 25.4 Å². The number of aliphatic carboxylic acids is 1. The third kappa shape index (κ3) is 45.8. The van der Waals surface area contributed by atoms with Gasteiger partial charge < -0.3 is 25.5 Å². The molecule has 6 heteroatoms. The van der Waals surface area contributed by atoms with E-state index in [2.05, 4.69) is 6.92 Å². The lowest BCUT2D eigenvalue weighted by Gasteiger charge is -2.03. The predicted octanol–water partition coefficient (Wildman–Crippen LogP) is 5.05. The van der Waals surface area contributed by atoms with Crippen molar-refractivity contribution in [3.8, 4) is 0 Å². The lowest BCUT2D eigenvalue weighted by atomic mass is 10.0. The quantitative estimate of drug-likeness (QED) is 0.192. The van der Waals surface area contributed by atoms with Crippen molar-refractivity contribution in [2.24, 2.45) is 0 Å². The molecule has 0 saturated heterocycles. The number of carbonyl (C=O) groups is 1. The summed E-state index contributed by atoms with van der Waals surface area (Å²) < 4.78 is 0. The molecular weight excluding hydrogens is 384 g/mol. The minimum Gasteiger partial charge on any atom is -0.481 e. The van der Waals surface area contributed by atoms with Crippen LogP contribution in [0.3, 0.4) is 0 Å². The summed E-state index contributed by atoms with van der Waals surface area (Å²) in [4.78, 5) is 10.3. The molecule has 0 aromatic rings. The number of carboxylic acids is 1. The van der Waals surface area contributed by atoms with Crippen LogP contribution >= 0.6 is 0 Å². The van der Waals surface area contributed by atoms with Crippen LogP contribution in [0.1, 0.15) is 124 Å². The van der Waals surface area contributed by atoms with Crippen molar-refractivity contribution >= 4 is 5.97 Å². The topological polar surface area (TPSA) is 118 Å². The summed E-state index contributed by atoms with van der Waals surface area (Å²) in [6.45, 7) is 5.05. The first-order chi connectivity index (χ1) is 14.3. The highest BCUT2D eigenvalue weighted by Crippen LogP contribution is 2.13. The number of carboxylic acid groups (broad SMARTS) is 1. The van der Waals surface area contributed by atoms with Crippen molar-refractivity contribution in [2.75, 3.05) is 13.2 Å². The summed E-state index contributed by atoms with van der Waals surface area (Å²) in [5, 5.41) is 40.5. The van der Waals surface area contributed by atoms with E-state index >= 15 is 0 Å². The van der Waals surface area contributed by atoms with E-state index in [9.17, 15) is 4.79 Å². The average molecular weight is 437 g/mol. The minimum atomic E-state index is -0.653. The van der Waals surface area contributed by atoms with E-state index < -0.39 is 18.2 Å². The van der Waals surface area contributed by atoms with Crippen LogP contribution in [0.2, 0.25) is 0 Å². The van der Waals surface area contributed by atoms with Crippen LogP contribution in [-0.4, -0.2) is 56.9 Å². The molecule has 0 spiro atoms. The van der Waals surface area contributed by atoms with Crippen molar-refractivity contribution in [1.82, 2.24) is 0 Å². The normalized spacial score (nSPS) is 12.2. The molecule has 0 aliphatic carbocycles. The third-order valence-electron chi connectivity index (χ3n) is 4.52. The van der Waals surface area contributed by atoms with Gasteiger partial charge in [0.15, 0.2) is 0 Å². The Balaban J connectivity index is -0.000000599. The average Bonchev–Trinajstić information content (AvgIpc) is 2.71. The monoisotopic (exact) mass is 436 g/mol. The molecule has 0 radical (unpaired) electrons. The van der Waals surface area contributed by atoms with Crippen LogP contribution in [-0.2, 0) is 4.79 Å². The van der Waals surface area contributed by atoms with Crippen LogP contribution in [0.4, 0.5) is 0 Å². The molecule has 2 atom stereocenters. The fourth-order valence-electron chi connectivity index (χ4n) is 2.65. The molecule has 0 aromatic heterocycles. The summed E-state index contributed by atoms with van der Waals surface area (Å²) in [6.07, 6.45) is 19.1. The molecule has 0 aromatic carbocycles. The van der Waals surface area contributed by atoms with Gasteiger partial charge in [0, 0.05) is 6.42 Å². The van der Waals surface area contributed by atoms with Crippen LogP contribution in [0.5, 0.6) is 0 Å². The van der Waals surface area contributed by atoms with Gasteiger partial charge >= 0.3 is 5.97 Å². The van der Waals surface area contributed by atoms with E-state index in [0.29, 0.717) is 6.42 Å². The van der Waals surface area contributed by atoms with Crippen LogP contribution in [0, 0.1) is 0 Å². The summed E-state index contributed by atoms with van der Waals surface area (Å²) in [6, 6.07) is 0. The molecule has 0 rings (SSSR count). The number of hydrogen-bond donors (Lipinski definition) is 5. The summed E-state index contributed by atoms with van der Waals surface area (Å²) in [7, 11) is 0. The van der Waals surface area contributed by atoms with Crippen LogP contribution < -0.4 is 0 Å². The highest BCUT2D eigenvalue weighted by molar-refractivity contribution is 5.66. The maximum Gasteiger partial charge on any atom is 0.303 e. The number of aliphatic hydroxyl groups excluding tert-OH is 4. The maximum atomic E-state index is 10.3. The minimum absolute atomic E-state index is 0.139. The highest BCUT2D eigenvalue weighted by Gasteiger charge is 1.97. The number of hydrogen-bond acceptors (Lipinski definition) is 5. The summed E-state index contributed by atoms with van der Waals surface area (Å²) in [5.74, 6) is -0.653. The van der Waals surface area contributed by atoms with Crippen molar-refractivity contribution in [2.45, 2.75) is 136 Å². The van der Waals surface area contributed by atoms with Crippen LogP contribution in [0.25, 0.3) is 0 Å². The lowest BCUT2D eigenvalue weighted by Crippen LogP contribution is -2.03. The standard InChI is InChI=1S/C18H36O2.2C3H8O2/c1-2-3-4-5-6-7-8-9-10-11-12-13-14-15-16-17-18(19)20;2*1-3(5)2-4/h2-17H2,1H3,(H,19,20);2*3-5H,2H2,1H3. The van der Waals surface area contributed by atoms with E-state index in [1.165, 1.54) is 97.3 Å². The Hall–Kier alpha value is -0.690. The number of aliphatic hydroxyl groups is 4. The van der Waals surface area contributed by atoms with Gasteiger partial charge in [-0.15, -0.1) is 0 Å². The molecule has 0 aliphatic rings. The van der Waals surface area contributed by atoms with Gasteiger partial charge in [-0.3, -0.25) is 4.79 Å². The van der Waals surface area contributed by atoms with Gasteiger partial charge in [-0.05, 0) is 20.3 Å². The lowest BCUT2D eigenvalue weighted by molar-refractivity contribution is -0.137. The van der Waals surface area contributed by atoms with Crippen molar-refractivity contribution < 1.29 is 30.3 Å². The molecule has 184 valence electrons. The SMILES string of the molecule is CC(O)CO.CC(O)CO.CCCCCCCCCCCCCCCCCC(=O)O. The molecule has 2 unspecified atom stereocenters. The van der Waals surface area contributed by atoms with E-state index in [-0.39, 0.29) is 13.2 Å². The highest BCUT2D eigenvalue weighted by atomic mass is 16.4. The molecule has 6 nitrogen and oxygen atoms in total. The molecule has 0 saturated carbocycles. The molecule has 30 heavy (non-hydrogen) atoms. The van der Waals surface area contributed by atoms with Gasteiger partial charge in [0.1, 0.15) is 0 Å². The van der Waals surface area contributed by atoms with Gasteiger partial charge in [-0.25, -0.2) is 0 Å². The maximum absolute atomic E-state index is 10.3. The Morgan fingerprint density at radius 1 is 0.600 bits per heavy atom. The second-order valence-electron chi connectivity index (χ2n) is 8.16. The van der Waals surface area contributed by atoms with Gasteiger partial charge in [-0.1, -0.05) is 96.8 Å². The fourth-order valence-corrected chi connectivity index (χ4v) is 2.65. The first kappa shape index (κ1) is 33.9. The smallest absolute Gasteiger partial charge is 0.303 e. The molecule has 5 N–H and O–H groups in total. The molecular formula is C24H52O6. The zero-order valence-electron chi connectivity index (χ0n) is 20.0. The molecule has 0 amide bonds. The fraction of sp³-hybridized carbons (Fsp3) is 0.958. The molecule has 0 heterocycles. The first-order valence-corrected chi connectivity index (χ1v) is 12.1. The van der Waals surface area contributed by atoms with Crippen LogP contribution in [0.15, 0.2) is 0 Å². The Morgan fingerprint density at radius 2 is 0.833 bits per heavy atom. The molecule has 0 fully saturated rings. The second-order valence-corrected chi connectivity index (χ2v) is 8.16. The van der Waals surface area contributed by atoms with E-state index in [1.54, 1.807) is 0 Å². The third-order valence-corrected chi connectivity index (χ3v) is 4.52. The van der Waals surface area contributed by atoms with Crippen molar-refractivity contribution in [3.05, 3.63) is 0 Å². The largest absolute Gasteiger partial charge is 0.481 e. The van der Waals surface area contributed by atoms with Crippen molar-refractivity contribution in [3.63, 3.8) is 0 Å². The van der Waals surface area contributed by atoms with Gasteiger partial charge in [0.2, 0.25) is 0 Å². The Bertz CT molecular complexity index is 300. The van der Waals surface area contributed by atoms with E-state index in [4.69, 9.17) is 25.5 Å². The molecule has 0 aliphatic heterocycles. The number of rotatable bonds is 18. The Labute approximate surface area is 185 Å². The van der Waals surface area contributed by atoms with Gasteiger partial charge in [-0.2, -0.15) is 0 Å². The second kappa shape index (κ2) is 30.5. The first-order valence-electron chi connectivity index (χ1n) is 12.1. The summed E-state index contributed by atoms with van der Waals surface area (Å²) >= 11 is 0. The Morgan fingerprint density at radius 3 is 1.03 bits per heavy atom. The Kier molecular flexibility index (Phi) is 34.5. The zero-order chi connectivity index (χ0) is 23.5. The predicted molar refractivity (Wildman–Crippen MR) is 125 cm³/mol. The van der Waals surface area contributed by atoms with Gasteiger partial charge in [0.25, 0.3) is 0 Å².